The summed E-state index contributed by atoms with van der Waals surface area (Å²) in [6, 6.07) is 0. The average molecular weight is 138 g/mol. The minimum absolute atomic E-state index is 0.0104. The molecular weight excluding hydrogens is 132 g/mol. The van der Waals surface area contributed by atoms with E-state index in [1.807, 2.05) is 0 Å². The Kier molecular flexibility index (Phi) is 1.71. The zero-order valence-corrected chi connectivity index (χ0v) is 5.50. The van der Waals surface area contributed by atoms with Crippen molar-refractivity contribution < 1.29 is 9.59 Å². The van der Waals surface area contributed by atoms with Crippen LogP contribution in [0.2, 0.25) is 0 Å². The molecule has 1 aliphatic rings. The molecule has 0 saturated heterocycles. The molecule has 1 rings (SSSR count). The van der Waals surface area contributed by atoms with Gasteiger partial charge in [0, 0.05) is 13.1 Å². The molecule has 0 aliphatic carbocycles. The highest BCUT2D eigenvalue weighted by molar-refractivity contribution is 6.42. The highest BCUT2D eigenvalue weighted by Gasteiger charge is 2.09. The lowest BCUT2D eigenvalue weighted by Gasteiger charge is -1.98. The Morgan fingerprint density at radius 2 is 2.40 bits per heavy atom. The number of aliphatic imine (C=N–C) groups is 2. The molecule has 0 aromatic rings. The van der Waals surface area contributed by atoms with Crippen LogP contribution in [0, 0.1) is 0 Å². The molecule has 0 aromatic heterocycles. The van der Waals surface area contributed by atoms with Gasteiger partial charge in [0.15, 0.2) is 11.6 Å². The Hall–Kier alpha value is -1.32. The lowest BCUT2D eigenvalue weighted by Crippen LogP contribution is -2.14. The third-order valence-electron chi connectivity index (χ3n) is 1.02. The van der Waals surface area contributed by atoms with E-state index in [9.17, 15) is 9.59 Å². The van der Waals surface area contributed by atoms with Gasteiger partial charge >= 0.3 is 0 Å². The summed E-state index contributed by atoms with van der Waals surface area (Å²) in [7, 11) is 0. The van der Waals surface area contributed by atoms with Crippen molar-refractivity contribution in [2.75, 3.05) is 0 Å². The van der Waals surface area contributed by atoms with E-state index >= 15 is 0 Å². The van der Waals surface area contributed by atoms with Gasteiger partial charge in [0.05, 0.1) is 6.42 Å². The van der Waals surface area contributed by atoms with Crippen LogP contribution in [0.15, 0.2) is 9.98 Å². The molecule has 0 atom stereocenters. The Labute approximate surface area is 57.7 Å². The van der Waals surface area contributed by atoms with Crippen molar-refractivity contribution in [1.29, 1.82) is 0 Å². The molecule has 4 heteroatoms. The highest BCUT2D eigenvalue weighted by Crippen LogP contribution is 1.94. The van der Waals surface area contributed by atoms with Gasteiger partial charge in [-0.3, -0.25) is 9.59 Å². The van der Waals surface area contributed by atoms with Crippen LogP contribution >= 0.6 is 0 Å². The van der Waals surface area contributed by atoms with Crippen molar-refractivity contribution in [3.05, 3.63) is 0 Å². The monoisotopic (exact) mass is 138 g/mol. The number of Topliss-reactive ketones (excluding diaryl/α,β-unsaturated/α-hetero) is 1. The lowest BCUT2D eigenvalue weighted by atomic mass is 10.3. The second-order valence-corrected chi connectivity index (χ2v) is 1.90. The Bertz CT molecular complexity index is 238. The number of amidine groups is 1. The van der Waals surface area contributed by atoms with E-state index in [4.69, 9.17) is 0 Å². The van der Waals surface area contributed by atoms with Crippen molar-refractivity contribution in [2.45, 2.75) is 13.3 Å². The predicted molar refractivity (Wildman–Crippen MR) is 36.2 cm³/mol. The summed E-state index contributed by atoms with van der Waals surface area (Å²) in [5, 5.41) is 0. The second kappa shape index (κ2) is 2.51. The number of hydrogen-bond acceptors (Lipinski definition) is 3. The maximum Gasteiger partial charge on any atom is 0.253 e. The Balaban J connectivity index is 2.86. The number of carbonyl (C=O) groups excluding carboxylic acids is 2. The summed E-state index contributed by atoms with van der Waals surface area (Å²) < 4.78 is 0. The van der Waals surface area contributed by atoms with Crippen molar-refractivity contribution >= 4 is 23.7 Å². The van der Waals surface area contributed by atoms with Crippen molar-refractivity contribution in [1.82, 2.24) is 0 Å². The van der Waals surface area contributed by atoms with E-state index < -0.39 is 0 Å². The molecule has 0 saturated carbocycles. The topological polar surface area (TPSA) is 58.9 Å². The Morgan fingerprint density at radius 3 is 2.80 bits per heavy atom. The van der Waals surface area contributed by atoms with Gasteiger partial charge in [-0.2, -0.15) is 4.99 Å². The third-order valence-corrected chi connectivity index (χ3v) is 1.02. The minimum atomic E-state index is -0.305. The minimum Gasteiger partial charge on any atom is -0.291 e. The fourth-order valence-corrected chi connectivity index (χ4v) is 0.572. The zero-order valence-electron chi connectivity index (χ0n) is 5.50. The van der Waals surface area contributed by atoms with Crippen LogP contribution in [0.5, 0.6) is 0 Å². The molecule has 0 spiro atoms. The number of amides is 1. The van der Waals surface area contributed by atoms with Crippen LogP contribution in [0.3, 0.4) is 0 Å². The molecule has 10 heavy (non-hydrogen) atoms. The number of nitrogens with zero attached hydrogens (tertiary/aromatic N) is 2. The summed E-state index contributed by atoms with van der Waals surface area (Å²) in [4.78, 5) is 28.1. The lowest BCUT2D eigenvalue weighted by molar-refractivity contribution is -0.117. The fourth-order valence-electron chi connectivity index (χ4n) is 0.572. The van der Waals surface area contributed by atoms with E-state index in [1.165, 1.54) is 13.1 Å². The molecule has 0 bridgehead atoms. The Morgan fingerprint density at radius 1 is 1.70 bits per heavy atom. The van der Waals surface area contributed by atoms with Crippen molar-refractivity contribution in [3.63, 3.8) is 0 Å². The van der Waals surface area contributed by atoms with Gasteiger partial charge in [-0.25, -0.2) is 4.99 Å². The van der Waals surface area contributed by atoms with Crippen LogP contribution in [0.25, 0.3) is 0 Å². The predicted octanol–water partition coefficient (Wildman–Crippen LogP) is -0.0250. The van der Waals surface area contributed by atoms with Crippen LogP contribution in [-0.2, 0) is 9.59 Å². The molecule has 0 aromatic carbocycles. The van der Waals surface area contributed by atoms with E-state index in [0.717, 1.165) is 0 Å². The fraction of sp³-hybridized carbons (Fsp3) is 0.333. The molecule has 52 valence electrons. The van der Waals surface area contributed by atoms with Gasteiger partial charge in [-0.15, -0.1) is 0 Å². The molecule has 0 unspecified atom stereocenters. The maximum atomic E-state index is 10.5. The smallest absolute Gasteiger partial charge is 0.253 e. The van der Waals surface area contributed by atoms with Crippen molar-refractivity contribution in [2.24, 2.45) is 9.98 Å². The number of carbonyl (C=O) groups is 2. The number of ketones is 1. The maximum absolute atomic E-state index is 10.5. The molecule has 1 amide bonds. The molecule has 0 N–H and O–H groups in total. The average Bonchev–Trinajstić information content (AvgIpc) is 1.88. The van der Waals surface area contributed by atoms with Gasteiger partial charge in [-0.1, -0.05) is 0 Å². The van der Waals surface area contributed by atoms with Gasteiger partial charge in [0.1, 0.15) is 0 Å². The summed E-state index contributed by atoms with van der Waals surface area (Å²) in [5.74, 6) is -0.569. The SMILES string of the molecule is CC(=O)C1=NC(=O)CC=N1. The third kappa shape index (κ3) is 1.34. The normalized spacial score (nSPS) is 16.9. The molecular formula is C6H6N2O2. The summed E-state index contributed by atoms with van der Waals surface area (Å²) >= 11 is 0. The first-order chi connectivity index (χ1) is 4.70. The van der Waals surface area contributed by atoms with Gasteiger partial charge < -0.3 is 0 Å². The van der Waals surface area contributed by atoms with Crippen LogP contribution in [-0.4, -0.2) is 23.7 Å². The van der Waals surface area contributed by atoms with Gasteiger partial charge in [-0.05, 0) is 0 Å². The molecule has 0 radical (unpaired) electrons. The molecule has 0 fully saturated rings. The highest BCUT2D eigenvalue weighted by atomic mass is 16.2. The van der Waals surface area contributed by atoms with E-state index in [2.05, 4.69) is 9.98 Å². The first-order valence-corrected chi connectivity index (χ1v) is 2.85. The number of hydrogen-bond donors (Lipinski definition) is 0. The van der Waals surface area contributed by atoms with Crippen LogP contribution < -0.4 is 0 Å². The first kappa shape index (κ1) is 6.80. The van der Waals surface area contributed by atoms with Crippen LogP contribution in [0.4, 0.5) is 0 Å². The van der Waals surface area contributed by atoms with Gasteiger partial charge in [0.25, 0.3) is 5.91 Å². The summed E-state index contributed by atoms with van der Waals surface area (Å²) in [5.41, 5.74) is 0. The van der Waals surface area contributed by atoms with Crippen molar-refractivity contribution in [3.8, 4) is 0 Å². The van der Waals surface area contributed by atoms with E-state index in [-0.39, 0.29) is 23.9 Å². The van der Waals surface area contributed by atoms with Gasteiger partial charge in [0.2, 0.25) is 0 Å². The standard InChI is InChI=1S/C6H6N2O2/c1-4(9)6-7-3-2-5(10)8-6/h3H,2H2,1H3. The first-order valence-electron chi connectivity index (χ1n) is 2.85. The molecule has 1 aliphatic heterocycles. The molecule has 4 nitrogen and oxygen atoms in total. The number of rotatable bonds is 1. The second-order valence-electron chi connectivity index (χ2n) is 1.90. The summed E-state index contributed by atoms with van der Waals surface area (Å²) in [6.45, 7) is 1.33. The van der Waals surface area contributed by atoms with E-state index in [0.29, 0.717) is 0 Å². The van der Waals surface area contributed by atoms with Crippen LogP contribution in [0.1, 0.15) is 13.3 Å². The largest absolute Gasteiger partial charge is 0.291 e. The quantitative estimate of drug-likeness (QED) is 0.511. The summed E-state index contributed by atoms with van der Waals surface area (Å²) in [6.07, 6.45) is 1.60. The zero-order chi connectivity index (χ0) is 7.56. The van der Waals surface area contributed by atoms with E-state index in [1.54, 1.807) is 0 Å². The molecule has 1 heterocycles.